The van der Waals surface area contributed by atoms with Gasteiger partial charge >= 0.3 is 6.03 Å². The molecule has 1 fully saturated rings. The summed E-state index contributed by atoms with van der Waals surface area (Å²) in [5.41, 5.74) is 1.75. The number of nitrogens with zero attached hydrogens (tertiary/aromatic N) is 1. The highest BCUT2D eigenvalue weighted by atomic mass is 16.5. The topological polar surface area (TPSA) is 61.8 Å². The van der Waals surface area contributed by atoms with Gasteiger partial charge in [-0.05, 0) is 44.4 Å². The molecule has 1 aromatic carbocycles. The average Bonchev–Trinajstić information content (AvgIpc) is 2.42. The summed E-state index contributed by atoms with van der Waals surface area (Å²) in [4.78, 5) is 13.8. The Bertz CT molecular complexity index is 476. The summed E-state index contributed by atoms with van der Waals surface area (Å²) in [6.45, 7) is 5.51. The lowest BCUT2D eigenvalue weighted by atomic mass is 10.1. The molecule has 1 saturated heterocycles. The van der Waals surface area contributed by atoms with E-state index in [0.717, 1.165) is 18.4 Å². The number of aliphatic hydroxyl groups excluding tert-OH is 1. The molecule has 0 unspecified atom stereocenters. The van der Waals surface area contributed by atoms with Crippen molar-refractivity contribution in [2.75, 3.05) is 25.0 Å². The largest absolute Gasteiger partial charge is 0.492 e. The van der Waals surface area contributed by atoms with E-state index >= 15 is 0 Å². The molecule has 5 heteroatoms. The number of β-amino-alcohol motifs (C(OH)–C–C–N with tert-alkyl or cyclic N) is 1. The number of hydrogen-bond acceptors (Lipinski definition) is 3. The number of hydrogen-bond donors (Lipinski definition) is 2. The standard InChI is InChI=1S/C15H22N2O3/c1-3-20-14-9-11(2)6-7-13(14)16-15(19)17-8-4-5-12(18)10-17/h6-7,9,12,18H,3-5,8,10H2,1-2H3,(H,16,19)/t12-/m1/s1. The molecule has 1 aromatic rings. The van der Waals surface area contributed by atoms with Gasteiger partial charge in [0.05, 0.1) is 18.4 Å². The summed E-state index contributed by atoms with van der Waals surface area (Å²) < 4.78 is 5.54. The molecule has 0 aliphatic carbocycles. The van der Waals surface area contributed by atoms with E-state index in [4.69, 9.17) is 4.74 Å². The van der Waals surface area contributed by atoms with Gasteiger partial charge in [-0.2, -0.15) is 0 Å². The number of rotatable bonds is 3. The SMILES string of the molecule is CCOc1cc(C)ccc1NC(=O)N1CCC[C@@H](O)C1. The molecule has 2 amide bonds. The molecule has 0 radical (unpaired) electrons. The maximum atomic E-state index is 12.2. The fourth-order valence-corrected chi connectivity index (χ4v) is 2.34. The molecule has 110 valence electrons. The number of benzene rings is 1. The lowest BCUT2D eigenvalue weighted by molar-refractivity contribution is 0.0883. The van der Waals surface area contributed by atoms with Gasteiger partial charge in [-0.25, -0.2) is 4.79 Å². The van der Waals surface area contributed by atoms with Gasteiger partial charge < -0.3 is 20.1 Å². The van der Waals surface area contributed by atoms with E-state index in [1.165, 1.54) is 0 Å². The van der Waals surface area contributed by atoms with Crippen LogP contribution in [0.25, 0.3) is 0 Å². The third kappa shape index (κ3) is 3.63. The molecular weight excluding hydrogens is 256 g/mol. The van der Waals surface area contributed by atoms with Crippen LogP contribution in [0.2, 0.25) is 0 Å². The molecule has 0 spiro atoms. The lowest BCUT2D eigenvalue weighted by Gasteiger charge is -2.30. The van der Waals surface area contributed by atoms with Crippen LogP contribution in [0.5, 0.6) is 5.75 Å². The number of urea groups is 1. The van der Waals surface area contributed by atoms with E-state index in [1.807, 2.05) is 32.0 Å². The third-order valence-corrected chi connectivity index (χ3v) is 3.36. The second-order valence-corrected chi connectivity index (χ2v) is 5.10. The quantitative estimate of drug-likeness (QED) is 0.892. The van der Waals surface area contributed by atoms with Gasteiger partial charge in [0.25, 0.3) is 0 Å². The Balaban J connectivity index is 2.06. The Kier molecular flexibility index (Phi) is 4.84. The average molecular weight is 278 g/mol. The van der Waals surface area contributed by atoms with Gasteiger partial charge in [0, 0.05) is 13.1 Å². The van der Waals surface area contributed by atoms with Crippen molar-refractivity contribution in [3.8, 4) is 5.75 Å². The van der Waals surface area contributed by atoms with Crippen LogP contribution in [-0.2, 0) is 0 Å². The van der Waals surface area contributed by atoms with Crippen LogP contribution in [0.1, 0.15) is 25.3 Å². The van der Waals surface area contributed by atoms with Crippen molar-refractivity contribution in [2.24, 2.45) is 0 Å². The van der Waals surface area contributed by atoms with Gasteiger partial charge in [-0.1, -0.05) is 6.07 Å². The van der Waals surface area contributed by atoms with Gasteiger partial charge in [0.15, 0.2) is 0 Å². The number of aliphatic hydroxyl groups is 1. The molecule has 2 rings (SSSR count). The molecule has 1 atom stereocenters. The number of anilines is 1. The second-order valence-electron chi connectivity index (χ2n) is 5.10. The van der Waals surface area contributed by atoms with Crippen molar-refractivity contribution < 1.29 is 14.6 Å². The zero-order valence-corrected chi connectivity index (χ0v) is 12.1. The minimum Gasteiger partial charge on any atom is -0.492 e. The monoisotopic (exact) mass is 278 g/mol. The summed E-state index contributed by atoms with van der Waals surface area (Å²) in [7, 11) is 0. The maximum Gasteiger partial charge on any atom is 0.322 e. The third-order valence-electron chi connectivity index (χ3n) is 3.36. The van der Waals surface area contributed by atoms with E-state index in [9.17, 15) is 9.90 Å². The number of ether oxygens (including phenoxy) is 1. The van der Waals surface area contributed by atoms with Crippen LogP contribution < -0.4 is 10.1 Å². The Morgan fingerprint density at radius 1 is 1.55 bits per heavy atom. The Hall–Kier alpha value is -1.75. The number of nitrogens with one attached hydrogen (secondary N) is 1. The summed E-state index contributed by atoms with van der Waals surface area (Å²) in [5.74, 6) is 0.679. The van der Waals surface area contributed by atoms with E-state index in [1.54, 1.807) is 4.90 Å². The Labute approximate surface area is 119 Å². The molecule has 1 aliphatic heterocycles. The van der Waals surface area contributed by atoms with Crippen molar-refractivity contribution in [2.45, 2.75) is 32.8 Å². The minimum absolute atomic E-state index is 0.187. The zero-order chi connectivity index (χ0) is 14.5. The summed E-state index contributed by atoms with van der Waals surface area (Å²) in [6, 6.07) is 5.50. The normalized spacial score (nSPS) is 18.8. The number of carbonyl (C=O) groups is 1. The van der Waals surface area contributed by atoms with Gasteiger partial charge in [-0.15, -0.1) is 0 Å². The van der Waals surface area contributed by atoms with E-state index in [-0.39, 0.29) is 6.03 Å². The highest BCUT2D eigenvalue weighted by Crippen LogP contribution is 2.26. The van der Waals surface area contributed by atoms with E-state index < -0.39 is 6.10 Å². The van der Waals surface area contributed by atoms with Crippen LogP contribution >= 0.6 is 0 Å². The number of carbonyl (C=O) groups excluding carboxylic acids is 1. The van der Waals surface area contributed by atoms with Crippen molar-refractivity contribution in [3.05, 3.63) is 23.8 Å². The number of likely N-dealkylation sites (tertiary alicyclic amines) is 1. The lowest BCUT2D eigenvalue weighted by Crippen LogP contribution is -2.44. The molecule has 0 aromatic heterocycles. The van der Waals surface area contributed by atoms with E-state index in [2.05, 4.69) is 5.32 Å². The Morgan fingerprint density at radius 2 is 2.35 bits per heavy atom. The fraction of sp³-hybridized carbons (Fsp3) is 0.533. The van der Waals surface area contributed by atoms with Crippen LogP contribution in [0.3, 0.4) is 0 Å². The van der Waals surface area contributed by atoms with Crippen LogP contribution in [0.4, 0.5) is 10.5 Å². The van der Waals surface area contributed by atoms with Crippen LogP contribution in [-0.4, -0.2) is 41.8 Å². The van der Waals surface area contributed by atoms with E-state index in [0.29, 0.717) is 31.1 Å². The van der Waals surface area contributed by atoms with Crippen molar-refractivity contribution in [1.29, 1.82) is 0 Å². The highest BCUT2D eigenvalue weighted by Gasteiger charge is 2.22. The first-order valence-corrected chi connectivity index (χ1v) is 7.07. The first kappa shape index (κ1) is 14.7. The van der Waals surface area contributed by atoms with Gasteiger partial charge in [0.2, 0.25) is 0 Å². The summed E-state index contributed by atoms with van der Waals surface area (Å²) in [5, 5.41) is 12.5. The fourth-order valence-electron chi connectivity index (χ4n) is 2.34. The summed E-state index contributed by atoms with van der Waals surface area (Å²) >= 11 is 0. The molecule has 0 saturated carbocycles. The first-order chi connectivity index (χ1) is 9.60. The molecule has 20 heavy (non-hydrogen) atoms. The van der Waals surface area contributed by atoms with Crippen molar-refractivity contribution in [1.82, 2.24) is 4.90 Å². The maximum absolute atomic E-state index is 12.2. The van der Waals surface area contributed by atoms with Gasteiger partial charge in [0.1, 0.15) is 5.75 Å². The van der Waals surface area contributed by atoms with Crippen LogP contribution in [0.15, 0.2) is 18.2 Å². The number of piperidine rings is 1. The molecule has 1 aliphatic rings. The molecule has 2 N–H and O–H groups in total. The van der Waals surface area contributed by atoms with Crippen molar-refractivity contribution in [3.63, 3.8) is 0 Å². The highest BCUT2D eigenvalue weighted by molar-refractivity contribution is 5.91. The minimum atomic E-state index is -0.418. The predicted molar refractivity (Wildman–Crippen MR) is 78.2 cm³/mol. The van der Waals surface area contributed by atoms with Crippen molar-refractivity contribution >= 4 is 11.7 Å². The van der Waals surface area contributed by atoms with Crippen LogP contribution in [0, 0.1) is 6.92 Å². The predicted octanol–water partition coefficient (Wildman–Crippen LogP) is 2.38. The Morgan fingerprint density at radius 3 is 3.05 bits per heavy atom. The smallest absolute Gasteiger partial charge is 0.322 e. The summed E-state index contributed by atoms with van der Waals surface area (Å²) in [6.07, 6.45) is 1.18. The molecule has 0 bridgehead atoms. The number of amides is 2. The molecular formula is C15H22N2O3. The van der Waals surface area contributed by atoms with Gasteiger partial charge in [-0.3, -0.25) is 0 Å². The number of aryl methyl sites for hydroxylation is 1. The second kappa shape index (κ2) is 6.61. The zero-order valence-electron chi connectivity index (χ0n) is 12.1. The molecule has 5 nitrogen and oxygen atoms in total. The first-order valence-electron chi connectivity index (χ1n) is 7.07. The molecule has 1 heterocycles.